The lowest BCUT2D eigenvalue weighted by atomic mass is 10.1. The minimum absolute atomic E-state index is 0.117. The van der Waals surface area contributed by atoms with E-state index in [-0.39, 0.29) is 18.1 Å². The van der Waals surface area contributed by atoms with Gasteiger partial charge in [-0.15, -0.1) is 0 Å². The minimum Gasteiger partial charge on any atom is -0.507 e. The standard InChI is InChI=1S/C17H15N3O2S/c1-11-6-7-16-13(8-11)14(20-23-16)9-17(22)19-18-10-12-4-2-3-5-15(12)21/h2-8,10,21H,9H2,1H3,(H,19,22)/b18-10+. The van der Waals surface area contributed by atoms with Gasteiger partial charge < -0.3 is 5.11 Å². The van der Waals surface area contributed by atoms with Crippen molar-refractivity contribution in [1.82, 2.24) is 9.80 Å². The van der Waals surface area contributed by atoms with Gasteiger partial charge in [-0.25, -0.2) is 5.43 Å². The molecular formula is C17H15N3O2S. The largest absolute Gasteiger partial charge is 0.507 e. The molecule has 23 heavy (non-hydrogen) atoms. The summed E-state index contributed by atoms with van der Waals surface area (Å²) in [5.74, 6) is -0.128. The summed E-state index contributed by atoms with van der Waals surface area (Å²) >= 11 is 1.39. The zero-order chi connectivity index (χ0) is 16.2. The van der Waals surface area contributed by atoms with E-state index in [2.05, 4.69) is 14.9 Å². The van der Waals surface area contributed by atoms with Crippen LogP contribution in [0.1, 0.15) is 16.8 Å². The molecule has 6 heteroatoms. The van der Waals surface area contributed by atoms with Gasteiger partial charge in [-0.2, -0.15) is 9.47 Å². The van der Waals surface area contributed by atoms with E-state index >= 15 is 0 Å². The number of nitrogens with zero attached hydrogens (tertiary/aromatic N) is 2. The number of amides is 1. The number of phenols is 1. The van der Waals surface area contributed by atoms with Crippen molar-refractivity contribution in [2.75, 3.05) is 0 Å². The number of rotatable bonds is 4. The van der Waals surface area contributed by atoms with Crippen molar-refractivity contribution >= 4 is 33.7 Å². The number of aromatic nitrogens is 1. The van der Waals surface area contributed by atoms with E-state index in [1.807, 2.05) is 25.1 Å². The Morgan fingerprint density at radius 1 is 1.35 bits per heavy atom. The molecule has 0 bridgehead atoms. The fourth-order valence-electron chi connectivity index (χ4n) is 2.19. The maximum absolute atomic E-state index is 12.0. The van der Waals surface area contributed by atoms with Crippen molar-refractivity contribution < 1.29 is 9.90 Å². The third-order valence-corrected chi connectivity index (χ3v) is 4.22. The number of hydrazone groups is 1. The average molecular weight is 325 g/mol. The Labute approximate surface area is 137 Å². The highest BCUT2D eigenvalue weighted by molar-refractivity contribution is 7.13. The van der Waals surface area contributed by atoms with Crippen LogP contribution in [0.25, 0.3) is 10.1 Å². The van der Waals surface area contributed by atoms with Gasteiger partial charge in [0, 0.05) is 10.9 Å². The summed E-state index contributed by atoms with van der Waals surface area (Å²) in [5, 5.41) is 14.5. The highest BCUT2D eigenvalue weighted by Crippen LogP contribution is 2.24. The first-order chi connectivity index (χ1) is 11.1. The monoisotopic (exact) mass is 325 g/mol. The number of hydrogen-bond donors (Lipinski definition) is 2. The number of benzene rings is 2. The number of fused-ring (bicyclic) bond motifs is 1. The van der Waals surface area contributed by atoms with Crippen LogP contribution in [-0.4, -0.2) is 21.6 Å². The van der Waals surface area contributed by atoms with Crippen LogP contribution in [0.15, 0.2) is 47.6 Å². The molecule has 2 N–H and O–H groups in total. The van der Waals surface area contributed by atoms with Gasteiger partial charge >= 0.3 is 0 Å². The molecule has 0 fully saturated rings. The van der Waals surface area contributed by atoms with Crippen LogP contribution in [0.4, 0.5) is 0 Å². The third-order valence-electron chi connectivity index (χ3n) is 3.36. The molecule has 1 amide bonds. The first kappa shape index (κ1) is 15.2. The fourth-order valence-corrected chi connectivity index (χ4v) is 2.97. The van der Waals surface area contributed by atoms with E-state index in [9.17, 15) is 9.90 Å². The Morgan fingerprint density at radius 2 is 2.17 bits per heavy atom. The van der Waals surface area contributed by atoms with Crippen LogP contribution in [0, 0.1) is 6.92 Å². The predicted molar refractivity (Wildman–Crippen MR) is 91.9 cm³/mol. The smallest absolute Gasteiger partial charge is 0.246 e. The number of nitrogens with one attached hydrogen (secondary N) is 1. The summed E-state index contributed by atoms with van der Waals surface area (Å²) in [6.07, 6.45) is 1.58. The molecule has 3 aromatic rings. The van der Waals surface area contributed by atoms with Gasteiger partial charge in [-0.3, -0.25) is 4.79 Å². The minimum atomic E-state index is -0.245. The summed E-state index contributed by atoms with van der Waals surface area (Å²) in [7, 11) is 0. The number of aromatic hydroxyl groups is 1. The lowest BCUT2D eigenvalue weighted by Crippen LogP contribution is -2.20. The maximum atomic E-state index is 12.0. The van der Waals surface area contributed by atoms with E-state index in [1.165, 1.54) is 17.7 Å². The average Bonchev–Trinajstić information content (AvgIpc) is 2.91. The second kappa shape index (κ2) is 6.58. The van der Waals surface area contributed by atoms with Gasteiger partial charge in [-0.1, -0.05) is 23.8 Å². The fraction of sp³-hybridized carbons (Fsp3) is 0.118. The summed E-state index contributed by atoms with van der Waals surface area (Å²) in [6, 6.07) is 12.9. The van der Waals surface area contributed by atoms with E-state index < -0.39 is 0 Å². The highest BCUT2D eigenvalue weighted by Gasteiger charge is 2.10. The number of hydrogen-bond acceptors (Lipinski definition) is 5. The van der Waals surface area contributed by atoms with Crippen molar-refractivity contribution in [2.24, 2.45) is 5.10 Å². The maximum Gasteiger partial charge on any atom is 0.246 e. The van der Waals surface area contributed by atoms with Crippen molar-refractivity contribution in [2.45, 2.75) is 13.3 Å². The Hall–Kier alpha value is -2.73. The van der Waals surface area contributed by atoms with E-state index in [1.54, 1.807) is 24.3 Å². The Kier molecular flexibility index (Phi) is 4.34. The molecular weight excluding hydrogens is 310 g/mol. The number of aryl methyl sites for hydroxylation is 1. The molecule has 0 saturated heterocycles. The second-order valence-corrected chi connectivity index (χ2v) is 5.96. The highest BCUT2D eigenvalue weighted by atomic mass is 32.1. The molecule has 5 nitrogen and oxygen atoms in total. The molecule has 0 radical (unpaired) electrons. The predicted octanol–water partition coefficient (Wildman–Crippen LogP) is 3.00. The molecule has 0 aliphatic heterocycles. The van der Waals surface area contributed by atoms with Gasteiger partial charge in [0.05, 0.1) is 23.0 Å². The first-order valence-electron chi connectivity index (χ1n) is 7.08. The van der Waals surface area contributed by atoms with E-state index in [0.29, 0.717) is 5.56 Å². The Balaban J connectivity index is 1.67. The zero-order valence-electron chi connectivity index (χ0n) is 12.5. The van der Waals surface area contributed by atoms with Gasteiger partial charge in [0.1, 0.15) is 5.75 Å². The molecule has 116 valence electrons. The van der Waals surface area contributed by atoms with Crippen LogP contribution in [0.5, 0.6) is 5.75 Å². The van der Waals surface area contributed by atoms with Gasteiger partial charge in [0.2, 0.25) is 5.91 Å². The molecule has 2 aromatic carbocycles. The third kappa shape index (κ3) is 3.54. The van der Waals surface area contributed by atoms with Crippen molar-refractivity contribution in [3.05, 3.63) is 59.3 Å². The van der Waals surface area contributed by atoms with Crippen molar-refractivity contribution in [3.63, 3.8) is 0 Å². The summed E-state index contributed by atoms with van der Waals surface area (Å²) in [6.45, 7) is 2.01. The Bertz CT molecular complexity index is 886. The molecule has 1 heterocycles. The van der Waals surface area contributed by atoms with Crippen LogP contribution in [0.3, 0.4) is 0 Å². The molecule has 0 aliphatic rings. The molecule has 0 unspecified atom stereocenters. The summed E-state index contributed by atoms with van der Waals surface area (Å²) < 4.78 is 5.41. The number of carbonyl (C=O) groups is 1. The topological polar surface area (TPSA) is 74.6 Å². The Morgan fingerprint density at radius 3 is 3.00 bits per heavy atom. The van der Waals surface area contributed by atoms with Crippen LogP contribution < -0.4 is 5.43 Å². The molecule has 0 saturated carbocycles. The molecule has 0 atom stereocenters. The second-order valence-electron chi connectivity index (χ2n) is 5.16. The molecule has 1 aromatic heterocycles. The lowest BCUT2D eigenvalue weighted by molar-refractivity contribution is -0.120. The quantitative estimate of drug-likeness (QED) is 0.572. The zero-order valence-corrected chi connectivity index (χ0v) is 13.3. The lowest BCUT2D eigenvalue weighted by Gasteiger charge is -2.00. The van der Waals surface area contributed by atoms with Crippen LogP contribution in [-0.2, 0) is 11.2 Å². The van der Waals surface area contributed by atoms with Gasteiger partial charge in [0.25, 0.3) is 0 Å². The van der Waals surface area contributed by atoms with Crippen molar-refractivity contribution in [1.29, 1.82) is 0 Å². The normalized spacial score (nSPS) is 11.2. The molecule has 0 spiro atoms. The number of carbonyl (C=O) groups excluding carboxylic acids is 1. The molecule has 0 aliphatic carbocycles. The van der Waals surface area contributed by atoms with Crippen LogP contribution in [0.2, 0.25) is 0 Å². The van der Waals surface area contributed by atoms with Gasteiger partial charge in [0.15, 0.2) is 0 Å². The van der Waals surface area contributed by atoms with Crippen molar-refractivity contribution in [3.8, 4) is 5.75 Å². The van der Waals surface area contributed by atoms with E-state index in [0.717, 1.165) is 21.3 Å². The number of para-hydroxylation sites is 1. The van der Waals surface area contributed by atoms with E-state index in [4.69, 9.17) is 0 Å². The summed E-state index contributed by atoms with van der Waals surface area (Å²) in [4.78, 5) is 12.0. The van der Waals surface area contributed by atoms with Crippen LogP contribution >= 0.6 is 11.5 Å². The summed E-state index contributed by atoms with van der Waals surface area (Å²) in [5.41, 5.74) is 4.89. The van der Waals surface area contributed by atoms with Gasteiger partial charge in [-0.05, 0) is 42.7 Å². The first-order valence-corrected chi connectivity index (χ1v) is 7.85. The number of phenolic OH excluding ortho intramolecular Hbond substituents is 1. The molecule has 3 rings (SSSR count). The SMILES string of the molecule is Cc1ccc2snc(CC(=O)N/N=C/c3ccccc3O)c2c1.